The fourth-order valence-electron chi connectivity index (χ4n) is 2.21. The van der Waals surface area contributed by atoms with Gasteiger partial charge in [0.05, 0.1) is 28.0 Å². The summed E-state index contributed by atoms with van der Waals surface area (Å²) in [6.45, 7) is 2.94. The van der Waals surface area contributed by atoms with Crippen LogP contribution in [0.15, 0.2) is 12.3 Å². The van der Waals surface area contributed by atoms with Gasteiger partial charge in [-0.1, -0.05) is 30.1 Å². The van der Waals surface area contributed by atoms with Crippen molar-refractivity contribution in [1.82, 2.24) is 15.1 Å². The average molecular weight is 334 g/mol. The standard InChI is InChI=1S/C13H17Cl2N3OS/c1-4-5-18-12(9(19-3)7-17-18)11(16-2)8-6-10(14)20-13(8)15/h6-7,11,16H,4-5H2,1-3H3. The molecule has 0 aliphatic heterocycles. The van der Waals surface area contributed by atoms with Gasteiger partial charge in [0, 0.05) is 12.1 Å². The number of thiophene rings is 1. The Morgan fingerprint density at radius 2 is 2.25 bits per heavy atom. The molecule has 0 fully saturated rings. The van der Waals surface area contributed by atoms with E-state index in [-0.39, 0.29) is 6.04 Å². The van der Waals surface area contributed by atoms with Crippen LogP contribution in [-0.4, -0.2) is 23.9 Å². The van der Waals surface area contributed by atoms with E-state index < -0.39 is 0 Å². The highest BCUT2D eigenvalue weighted by molar-refractivity contribution is 7.20. The van der Waals surface area contributed by atoms with Crippen LogP contribution in [0.1, 0.15) is 30.6 Å². The van der Waals surface area contributed by atoms with E-state index in [9.17, 15) is 0 Å². The van der Waals surface area contributed by atoms with Crippen LogP contribution in [0.2, 0.25) is 8.67 Å². The van der Waals surface area contributed by atoms with Gasteiger partial charge in [-0.15, -0.1) is 11.3 Å². The van der Waals surface area contributed by atoms with Gasteiger partial charge in [-0.05, 0) is 19.5 Å². The van der Waals surface area contributed by atoms with E-state index in [1.165, 1.54) is 11.3 Å². The van der Waals surface area contributed by atoms with Crippen molar-refractivity contribution in [2.75, 3.05) is 14.2 Å². The van der Waals surface area contributed by atoms with E-state index in [1.807, 2.05) is 17.8 Å². The molecule has 110 valence electrons. The van der Waals surface area contributed by atoms with Gasteiger partial charge >= 0.3 is 0 Å². The highest BCUT2D eigenvalue weighted by Gasteiger charge is 2.25. The summed E-state index contributed by atoms with van der Waals surface area (Å²) < 4.78 is 8.73. The first-order valence-corrected chi connectivity index (χ1v) is 7.91. The summed E-state index contributed by atoms with van der Waals surface area (Å²) in [7, 11) is 3.53. The normalized spacial score (nSPS) is 12.7. The second-order valence-electron chi connectivity index (χ2n) is 4.32. The maximum Gasteiger partial charge on any atom is 0.161 e. The van der Waals surface area contributed by atoms with Crippen LogP contribution in [0.4, 0.5) is 0 Å². The number of halogens is 2. The zero-order valence-electron chi connectivity index (χ0n) is 11.6. The SMILES string of the molecule is CCCn1ncc(OC)c1C(NC)c1cc(Cl)sc1Cl. The second kappa shape index (κ2) is 6.80. The Bertz CT molecular complexity index is 582. The summed E-state index contributed by atoms with van der Waals surface area (Å²) in [6.07, 6.45) is 2.73. The molecule has 1 N–H and O–H groups in total. The molecule has 2 heterocycles. The minimum absolute atomic E-state index is 0.102. The molecule has 2 aromatic rings. The maximum atomic E-state index is 6.28. The van der Waals surface area contributed by atoms with Crippen LogP contribution < -0.4 is 10.1 Å². The van der Waals surface area contributed by atoms with Crippen LogP contribution in [0.5, 0.6) is 5.75 Å². The van der Waals surface area contributed by atoms with Gasteiger partial charge in [0.1, 0.15) is 5.69 Å². The lowest BCUT2D eigenvalue weighted by Crippen LogP contribution is -2.22. The van der Waals surface area contributed by atoms with E-state index in [0.717, 1.165) is 30.0 Å². The predicted molar refractivity (Wildman–Crippen MR) is 84.3 cm³/mol. The zero-order chi connectivity index (χ0) is 14.7. The number of aromatic nitrogens is 2. The topological polar surface area (TPSA) is 39.1 Å². The van der Waals surface area contributed by atoms with Crippen molar-refractivity contribution in [3.63, 3.8) is 0 Å². The van der Waals surface area contributed by atoms with Crippen LogP contribution in [0.25, 0.3) is 0 Å². The quantitative estimate of drug-likeness (QED) is 0.868. The predicted octanol–water partition coefficient (Wildman–Crippen LogP) is 3.98. The minimum Gasteiger partial charge on any atom is -0.493 e. The van der Waals surface area contributed by atoms with Crippen molar-refractivity contribution in [3.8, 4) is 5.75 Å². The molecule has 0 radical (unpaired) electrons. The third kappa shape index (κ3) is 2.96. The molecule has 0 spiro atoms. The Morgan fingerprint density at radius 1 is 1.50 bits per heavy atom. The summed E-state index contributed by atoms with van der Waals surface area (Å²) >= 11 is 13.7. The smallest absolute Gasteiger partial charge is 0.161 e. The number of nitrogens with one attached hydrogen (secondary N) is 1. The van der Waals surface area contributed by atoms with Crippen LogP contribution >= 0.6 is 34.5 Å². The Kier molecular flexibility index (Phi) is 5.32. The van der Waals surface area contributed by atoms with Crippen molar-refractivity contribution in [3.05, 3.63) is 32.2 Å². The van der Waals surface area contributed by atoms with E-state index in [1.54, 1.807) is 13.3 Å². The van der Waals surface area contributed by atoms with Gasteiger partial charge in [-0.2, -0.15) is 5.10 Å². The lowest BCUT2D eigenvalue weighted by atomic mass is 10.1. The lowest BCUT2D eigenvalue weighted by Gasteiger charge is -2.19. The van der Waals surface area contributed by atoms with Crippen molar-refractivity contribution in [1.29, 1.82) is 0 Å². The first-order valence-electron chi connectivity index (χ1n) is 6.34. The molecule has 1 atom stereocenters. The molecular weight excluding hydrogens is 317 g/mol. The molecule has 7 heteroatoms. The average Bonchev–Trinajstić information content (AvgIpc) is 2.96. The molecule has 4 nitrogen and oxygen atoms in total. The number of nitrogens with zero attached hydrogens (tertiary/aromatic N) is 2. The third-order valence-corrected chi connectivity index (χ3v) is 4.57. The second-order valence-corrected chi connectivity index (χ2v) is 6.61. The Morgan fingerprint density at radius 3 is 2.75 bits per heavy atom. The molecule has 20 heavy (non-hydrogen) atoms. The van der Waals surface area contributed by atoms with E-state index in [0.29, 0.717) is 8.67 Å². The highest BCUT2D eigenvalue weighted by atomic mass is 35.5. The monoisotopic (exact) mass is 333 g/mol. The van der Waals surface area contributed by atoms with Gasteiger partial charge < -0.3 is 10.1 Å². The summed E-state index contributed by atoms with van der Waals surface area (Å²) in [5, 5.41) is 7.66. The number of aryl methyl sites for hydroxylation is 1. The number of methoxy groups -OCH3 is 1. The molecular formula is C13H17Cl2N3OS. The fraction of sp³-hybridized carbons (Fsp3) is 0.462. The van der Waals surface area contributed by atoms with Gasteiger partial charge in [-0.25, -0.2) is 0 Å². The molecule has 0 saturated carbocycles. The highest BCUT2D eigenvalue weighted by Crippen LogP contribution is 2.39. The van der Waals surface area contributed by atoms with Crippen molar-refractivity contribution >= 4 is 34.5 Å². The number of ether oxygens (including phenoxy) is 1. The van der Waals surface area contributed by atoms with Gasteiger partial charge in [0.2, 0.25) is 0 Å². The molecule has 2 aromatic heterocycles. The Hall–Kier alpha value is -0.750. The molecule has 0 bridgehead atoms. The van der Waals surface area contributed by atoms with Gasteiger partial charge in [-0.3, -0.25) is 4.68 Å². The largest absolute Gasteiger partial charge is 0.493 e. The number of hydrogen-bond donors (Lipinski definition) is 1. The molecule has 0 aromatic carbocycles. The van der Waals surface area contributed by atoms with Crippen LogP contribution in [0, 0.1) is 0 Å². The Balaban J connectivity index is 2.50. The van der Waals surface area contributed by atoms with Gasteiger partial charge in [0.15, 0.2) is 5.75 Å². The first-order chi connectivity index (χ1) is 9.62. The lowest BCUT2D eigenvalue weighted by molar-refractivity contribution is 0.400. The van der Waals surface area contributed by atoms with E-state index in [2.05, 4.69) is 17.3 Å². The molecule has 0 aliphatic carbocycles. The van der Waals surface area contributed by atoms with Crippen molar-refractivity contribution < 1.29 is 4.74 Å². The van der Waals surface area contributed by atoms with Crippen LogP contribution in [-0.2, 0) is 6.54 Å². The van der Waals surface area contributed by atoms with E-state index in [4.69, 9.17) is 27.9 Å². The fourth-order valence-corrected chi connectivity index (χ4v) is 3.74. The molecule has 0 saturated heterocycles. The summed E-state index contributed by atoms with van der Waals surface area (Å²) in [5.41, 5.74) is 1.91. The van der Waals surface area contributed by atoms with Crippen molar-refractivity contribution in [2.24, 2.45) is 0 Å². The summed E-state index contributed by atoms with van der Waals surface area (Å²) in [4.78, 5) is 0. The summed E-state index contributed by atoms with van der Waals surface area (Å²) in [6, 6.07) is 1.79. The Labute approximate surface area is 132 Å². The molecule has 1 unspecified atom stereocenters. The van der Waals surface area contributed by atoms with Crippen molar-refractivity contribution in [2.45, 2.75) is 25.9 Å². The minimum atomic E-state index is -0.102. The van der Waals surface area contributed by atoms with Gasteiger partial charge in [0.25, 0.3) is 0 Å². The maximum absolute atomic E-state index is 6.28. The van der Waals surface area contributed by atoms with E-state index >= 15 is 0 Å². The van der Waals surface area contributed by atoms with Crippen LogP contribution in [0.3, 0.4) is 0 Å². The molecule has 0 aliphatic rings. The first kappa shape index (κ1) is 15.6. The summed E-state index contributed by atoms with van der Waals surface area (Å²) in [5.74, 6) is 0.746. The molecule has 2 rings (SSSR count). The zero-order valence-corrected chi connectivity index (χ0v) is 13.9. The number of hydrogen-bond acceptors (Lipinski definition) is 4. The number of rotatable bonds is 6. The molecule has 0 amide bonds. The third-order valence-electron chi connectivity index (χ3n) is 3.06.